The van der Waals surface area contributed by atoms with E-state index in [0.29, 0.717) is 17.6 Å². The molecule has 1 rings (SSSR count). The molecule has 90 valence electrons. The van der Waals surface area contributed by atoms with Gasteiger partial charge in [-0.15, -0.1) is 0 Å². The topological polar surface area (TPSA) is 69.7 Å². The lowest BCUT2D eigenvalue weighted by Gasteiger charge is -2.03. The molecule has 0 atom stereocenters. The van der Waals surface area contributed by atoms with Crippen LogP contribution in [0.3, 0.4) is 0 Å². The summed E-state index contributed by atoms with van der Waals surface area (Å²) in [7, 11) is 1.26. The van der Waals surface area contributed by atoms with E-state index in [2.05, 4.69) is 4.74 Å². The number of carbonyl (C=O) groups excluding carboxylic acids is 3. The predicted molar refractivity (Wildman–Crippen MR) is 58.7 cm³/mol. The summed E-state index contributed by atoms with van der Waals surface area (Å²) in [6, 6.07) is 6.10. The molecule has 0 spiro atoms. The minimum atomic E-state index is -0.519. The van der Waals surface area contributed by atoms with Crippen LogP contribution in [0, 0.1) is 0 Å². The maximum Gasteiger partial charge on any atom is 0.311 e. The van der Waals surface area contributed by atoms with Crippen molar-refractivity contribution < 1.29 is 23.9 Å². The van der Waals surface area contributed by atoms with Crippen LogP contribution in [-0.2, 0) is 14.3 Å². The number of hydrogen-bond donors (Lipinski definition) is 0. The van der Waals surface area contributed by atoms with Crippen molar-refractivity contribution in [1.29, 1.82) is 0 Å². The van der Waals surface area contributed by atoms with E-state index in [0.717, 1.165) is 0 Å². The number of benzene rings is 1. The summed E-state index contributed by atoms with van der Waals surface area (Å²) in [5, 5.41) is 0. The van der Waals surface area contributed by atoms with Crippen LogP contribution in [0.1, 0.15) is 23.2 Å². The van der Waals surface area contributed by atoms with Crippen molar-refractivity contribution in [2.45, 2.75) is 12.8 Å². The van der Waals surface area contributed by atoms with Crippen LogP contribution in [0.4, 0.5) is 0 Å². The second-order valence-electron chi connectivity index (χ2n) is 3.24. The molecular formula is C12H12O5. The van der Waals surface area contributed by atoms with Gasteiger partial charge in [-0.1, -0.05) is 0 Å². The molecule has 0 bridgehead atoms. The Morgan fingerprint density at radius 1 is 1.12 bits per heavy atom. The van der Waals surface area contributed by atoms with Crippen LogP contribution < -0.4 is 4.74 Å². The zero-order valence-corrected chi connectivity index (χ0v) is 9.34. The van der Waals surface area contributed by atoms with E-state index in [1.807, 2.05) is 0 Å². The average molecular weight is 236 g/mol. The Morgan fingerprint density at radius 3 is 2.24 bits per heavy atom. The Bertz CT molecular complexity index is 407. The molecule has 0 aromatic heterocycles. The summed E-state index contributed by atoms with van der Waals surface area (Å²) in [6.45, 7) is 0. The summed E-state index contributed by atoms with van der Waals surface area (Å²) >= 11 is 0. The highest BCUT2D eigenvalue weighted by Crippen LogP contribution is 2.12. The van der Waals surface area contributed by atoms with Gasteiger partial charge in [0.1, 0.15) is 12.0 Å². The molecule has 0 aliphatic carbocycles. The Hall–Kier alpha value is -2.17. The molecule has 1 aromatic rings. The van der Waals surface area contributed by atoms with Crippen LogP contribution in [0.5, 0.6) is 5.75 Å². The lowest BCUT2D eigenvalue weighted by atomic mass is 10.2. The molecule has 0 N–H and O–H groups in total. The van der Waals surface area contributed by atoms with Gasteiger partial charge >= 0.3 is 11.9 Å². The number of hydrogen-bond acceptors (Lipinski definition) is 5. The number of methoxy groups -OCH3 is 1. The number of aldehydes is 1. The van der Waals surface area contributed by atoms with Gasteiger partial charge in [0.2, 0.25) is 0 Å². The summed E-state index contributed by atoms with van der Waals surface area (Å²) in [5.41, 5.74) is 0.499. The van der Waals surface area contributed by atoms with E-state index in [-0.39, 0.29) is 12.8 Å². The lowest BCUT2D eigenvalue weighted by Crippen LogP contribution is -2.11. The monoisotopic (exact) mass is 236 g/mol. The number of esters is 2. The molecular weight excluding hydrogens is 224 g/mol. The highest BCUT2D eigenvalue weighted by Gasteiger charge is 2.08. The van der Waals surface area contributed by atoms with E-state index >= 15 is 0 Å². The molecule has 1 aromatic carbocycles. The van der Waals surface area contributed by atoms with Gasteiger partial charge in [0.15, 0.2) is 0 Å². The van der Waals surface area contributed by atoms with Gasteiger partial charge in [0.25, 0.3) is 0 Å². The first kappa shape index (κ1) is 12.9. The molecule has 0 radical (unpaired) electrons. The van der Waals surface area contributed by atoms with E-state index in [1.165, 1.54) is 31.4 Å². The van der Waals surface area contributed by atoms with E-state index in [4.69, 9.17) is 4.74 Å². The van der Waals surface area contributed by atoms with Crippen LogP contribution in [0.15, 0.2) is 24.3 Å². The highest BCUT2D eigenvalue weighted by atomic mass is 16.5. The smallest absolute Gasteiger partial charge is 0.311 e. The summed E-state index contributed by atoms with van der Waals surface area (Å²) in [4.78, 5) is 32.5. The summed E-state index contributed by atoms with van der Waals surface area (Å²) in [6.07, 6.45) is 0.646. The summed E-state index contributed by atoms with van der Waals surface area (Å²) < 4.78 is 9.34. The molecule has 0 aliphatic heterocycles. The van der Waals surface area contributed by atoms with Gasteiger partial charge in [0.05, 0.1) is 20.0 Å². The molecule has 0 saturated carbocycles. The summed E-state index contributed by atoms with van der Waals surface area (Å²) in [5.74, 6) is -0.641. The second kappa shape index (κ2) is 6.42. The van der Waals surface area contributed by atoms with Crippen LogP contribution in [0.25, 0.3) is 0 Å². The zero-order chi connectivity index (χ0) is 12.7. The molecule has 5 nitrogen and oxygen atoms in total. The lowest BCUT2D eigenvalue weighted by molar-refractivity contribution is -0.144. The van der Waals surface area contributed by atoms with Gasteiger partial charge < -0.3 is 9.47 Å². The SMILES string of the molecule is COC(=O)CCC(=O)Oc1ccc(C=O)cc1. The Kier molecular flexibility index (Phi) is 4.87. The van der Waals surface area contributed by atoms with Crippen molar-refractivity contribution in [3.8, 4) is 5.75 Å². The Balaban J connectivity index is 2.44. The molecule has 0 aliphatic rings. The number of rotatable bonds is 5. The molecule has 0 fully saturated rings. The molecule has 0 unspecified atom stereocenters. The first-order valence-electron chi connectivity index (χ1n) is 4.98. The van der Waals surface area contributed by atoms with Crippen molar-refractivity contribution in [3.63, 3.8) is 0 Å². The van der Waals surface area contributed by atoms with E-state index in [1.54, 1.807) is 0 Å². The standard InChI is InChI=1S/C12H12O5/c1-16-11(14)6-7-12(15)17-10-4-2-9(8-13)3-5-10/h2-5,8H,6-7H2,1H3. The van der Waals surface area contributed by atoms with Crippen LogP contribution in [-0.4, -0.2) is 25.3 Å². The maximum absolute atomic E-state index is 11.3. The van der Waals surface area contributed by atoms with Crippen molar-refractivity contribution in [2.75, 3.05) is 7.11 Å². The first-order chi connectivity index (χ1) is 8.15. The third-order valence-corrected chi connectivity index (χ3v) is 2.01. The molecule has 0 saturated heterocycles. The maximum atomic E-state index is 11.3. The minimum Gasteiger partial charge on any atom is -0.469 e. The fourth-order valence-electron chi connectivity index (χ4n) is 1.10. The van der Waals surface area contributed by atoms with E-state index in [9.17, 15) is 14.4 Å². The van der Waals surface area contributed by atoms with Crippen LogP contribution >= 0.6 is 0 Å². The first-order valence-corrected chi connectivity index (χ1v) is 4.98. The quantitative estimate of drug-likeness (QED) is 0.438. The molecule has 0 amide bonds. The minimum absolute atomic E-state index is 0.0121. The largest absolute Gasteiger partial charge is 0.469 e. The van der Waals surface area contributed by atoms with Gasteiger partial charge in [-0.05, 0) is 24.3 Å². The fraction of sp³-hybridized carbons (Fsp3) is 0.250. The zero-order valence-electron chi connectivity index (χ0n) is 9.34. The number of ether oxygens (including phenoxy) is 2. The number of carbonyl (C=O) groups is 3. The molecule has 0 heterocycles. The Labute approximate surface area is 98.3 Å². The van der Waals surface area contributed by atoms with Crippen molar-refractivity contribution in [3.05, 3.63) is 29.8 Å². The third kappa shape index (κ3) is 4.46. The van der Waals surface area contributed by atoms with Crippen LogP contribution in [0.2, 0.25) is 0 Å². The van der Waals surface area contributed by atoms with Crippen molar-refractivity contribution >= 4 is 18.2 Å². The van der Waals surface area contributed by atoms with Gasteiger partial charge in [-0.3, -0.25) is 14.4 Å². The molecule has 5 heteroatoms. The second-order valence-corrected chi connectivity index (χ2v) is 3.24. The van der Waals surface area contributed by atoms with Gasteiger partial charge in [-0.25, -0.2) is 0 Å². The average Bonchev–Trinajstić information content (AvgIpc) is 2.36. The molecule has 17 heavy (non-hydrogen) atoms. The van der Waals surface area contributed by atoms with Crippen molar-refractivity contribution in [1.82, 2.24) is 0 Å². The van der Waals surface area contributed by atoms with Gasteiger partial charge in [-0.2, -0.15) is 0 Å². The predicted octanol–water partition coefficient (Wildman–Crippen LogP) is 1.36. The Morgan fingerprint density at radius 2 is 1.71 bits per heavy atom. The third-order valence-electron chi connectivity index (χ3n) is 2.01. The van der Waals surface area contributed by atoms with Crippen molar-refractivity contribution in [2.24, 2.45) is 0 Å². The normalized spacial score (nSPS) is 9.47. The highest BCUT2D eigenvalue weighted by molar-refractivity contribution is 5.79. The fourth-order valence-corrected chi connectivity index (χ4v) is 1.10. The van der Waals surface area contributed by atoms with Gasteiger partial charge in [0, 0.05) is 5.56 Å². The van der Waals surface area contributed by atoms with E-state index < -0.39 is 11.9 Å².